The molecule has 0 aromatic carbocycles. The Bertz CT molecular complexity index is 580. The minimum atomic E-state index is -0.608. The van der Waals surface area contributed by atoms with Gasteiger partial charge in [0.1, 0.15) is 12.0 Å². The topological polar surface area (TPSA) is 84.5 Å². The summed E-state index contributed by atoms with van der Waals surface area (Å²) >= 11 is 0. The summed E-state index contributed by atoms with van der Waals surface area (Å²) in [5, 5.41) is 5.28. The van der Waals surface area contributed by atoms with Crippen LogP contribution in [0.3, 0.4) is 0 Å². The molecule has 2 bridgehead atoms. The molecular weight excluding hydrogens is 332 g/mol. The number of hydrogen-bond donors (Lipinski definition) is 2. The molecule has 142 valence electrons. The molecule has 2 atom stereocenters. The van der Waals surface area contributed by atoms with Crippen LogP contribution in [0.4, 0.5) is 0 Å². The van der Waals surface area contributed by atoms with Gasteiger partial charge in [0.15, 0.2) is 0 Å². The molecule has 6 nitrogen and oxygen atoms in total. The molecule has 0 fully saturated rings. The van der Waals surface area contributed by atoms with E-state index in [1.165, 1.54) is 0 Å². The highest BCUT2D eigenvalue weighted by Gasteiger charge is 2.17. The summed E-state index contributed by atoms with van der Waals surface area (Å²) in [6, 6.07) is -0.608. The zero-order valence-electron chi connectivity index (χ0n) is 15.1. The molecule has 0 saturated carbocycles. The van der Waals surface area contributed by atoms with Crippen molar-refractivity contribution in [1.82, 2.24) is 10.6 Å². The highest BCUT2D eigenvalue weighted by molar-refractivity contribution is 5.86. The first-order chi connectivity index (χ1) is 12.7. The van der Waals surface area contributed by atoms with E-state index in [0.717, 1.165) is 44.1 Å². The van der Waals surface area contributed by atoms with Crippen LogP contribution in [-0.2, 0) is 19.1 Å². The SMILES string of the molecule is O=CC1CC2C=CC=CC(=C2)OCCCCCCCC(=O)NCC(=O)N1. The lowest BCUT2D eigenvalue weighted by Crippen LogP contribution is -2.43. The van der Waals surface area contributed by atoms with Crippen molar-refractivity contribution in [3.63, 3.8) is 0 Å². The fourth-order valence-electron chi connectivity index (χ4n) is 3.00. The fourth-order valence-corrected chi connectivity index (χ4v) is 3.00. The van der Waals surface area contributed by atoms with Gasteiger partial charge < -0.3 is 20.2 Å². The Morgan fingerprint density at radius 1 is 1.04 bits per heavy atom. The smallest absolute Gasteiger partial charge is 0.239 e. The number of aldehydes is 1. The molecule has 26 heavy (non-hydrogen) atoms. The monoisotopic (exact) mass is 360 g/mol. The van der Waals surface area contributed by atoms with Crippen LogP contribution in [0.15, 0.2) is 36.1 Å². The number of rotatable bonds is 1. The second kappa shape index (κ2) is 11.3. The second-order valence-electron chi connectivity index (χ2n) is 6.67. The summed E-state index contributed by atoms with van der Waals surface area (Å²) in [5.41, 5.74) is 0. The number of fused-ring (bicyclic) bond motifs is 1. The third kappa shape index (κ3) is 7.68. The number of allylic oxidation sites excluding steroid dienone is 5. The van der Waals surface area contributed by atoms with Gasteiger partial charge in [0.25, 0.3) is 0 Å². The van der Waals surface area contributed by atoms with Crippen molar-refractivity contribution in [2.75, 3.05) is 13.2 Å². The van der Waals surface area contributed by atoms with Crippen LogP contribution in [0.1, 0.15) is 44.9 Å². The van der Waals surface area contributed by atoms with Crippen molar-refractivity contribution in [2.24, 2.45) is 5.92 Å². The number of ether oxygens (including phenoxy) is 1. The number of hydrogen-bond acceptors (Lipinski definition) is 4. The average molecular weight is 360 g/mol. The van der Waals surface area contributed by atoms with Crippen molar-refractivity contribution >= 4 is 18.1 Å². The Balaban J connectivity index is 2.01. The van der Waals surface area contributed by atoms with E-state index in [1.807, 2.05) is 30.4 Å². The maximum Gasteiger partial charge on any atom is 0.239 e. The summed E-state index contributed by atoms with van der Waals surface area (Å²) in [4.78, 5) is 35.1. The minimum Gasteiger partial charge on any atom is -0.494 e. The molecule has 0 spiro atoms. The van der Waals surface area contributed by atoms with Crippen molar-refractivity contribution in [1.29, 1.82) is 0 Å². The van der Waals surface area contributed by atoms with E-state index in [-0.39, 0.29) is 24.3 Å². The van der Waals surface area contributed by atoms with Crippen LogP contribution >= 0.6 is 0 Å². The first kappa shape index (κ1) is 19.9. The van der Waals surface area contributed by atoms with Crippen molar-refractivity contribution in [2.45, 2.75) is 51.0 Å². The van der Waals surface area contributed by atoms with E-state index in [2.05, 4.69) is 10.6 Å². The van der Waals surface area contributed by atoms with Gasteiger partial charge >= 0.3 is 0 Å². The summed E-state index contributed by atoms with van der Waals surface area (Å²) in [6.07, 6.45) is 16.2. The molecule has 2 N–H and O–H groups in total. The maximum absolute atomic E-state index is 12.0. The molecule has 0 aromatic heterocycles. The van der Waals surface area contributed by atoms with Crippen molar-refractivity contribution < 1.29 is 19.1 Å². The molecule has 0 aromatic rings. The van der Waals surface area contributed by atoms with Gasteiger partial charge in [0.05, 0.1) is 19.2 Å². The van der Waals surface area contributed by atoms with Gasteiger partial charge in [-0.25, -0.2) is 0 Å². The lowest BCUT2D eigenvalue weighted by molar-refractivity contribution is -0.127. The predicted molar refractivity (Wildman–Crippen MR) is 99.1 cm³/mol. The zero-order chi connectivity index (χ0) is 18.6. The van der Waals surface area contributed by atoms with E-state index in [1.54, 1.807) is 0 Å². The standard InChI is InChI=1S/C20H28N2O4/c23-15-17-12-16-8-5-6-9-18(13-16)26-11-7-3-1-2-4-10-19(24)21-14-20(25)22-17/h5-6,8-9,13,15-17H,1-4,7,10-12,14H2,(H,21,24)(H,22,25). The van der Waals surface area contributed by atoms with E-state index >= 15 is 0 Å². The normalized spacial score (nSPS) is 26.2. The maximum atomic E-state index is 12.0. The molecule has 0 saturated heterocycles. The predicted octanol–water partition coefficient (Wildman–Crippen LogP) is 2.17. The fraction of sp³-hybridized carbons (Fsp3) is 0.550. The quantitative estimate of drug-likeness (QED) is 0.702. The van der Waals surface area contributed by atoms with Crippen LogP contribution < -0.4 is 10.6 Å². The molecule has 2 unspecified atom stereocenters. The number of nitrogens with one attached hydrogen (secondary N) is 2. The molecule has 1 aliphatic heterocycles. The van der Waals surface area contributed by atoms with E-state index in [9.17, 15) is 14.4 Å². The Labute approximate surface area is 154 Å². The molecule has 2 rings (SSSR count). The van der Waals surface area contributed by atoms with Crippen LogP contribution in [0.25, 0.3) is 0 Å². The molecule has 2 amide bonds. The number of carbonyl (C=O) groups excluding carboxylic acids is 3. The van der Waals surface area contributed by atoms with Gasteiger partial charge in [0.2, 0.25) is 11.8 Å². The molecular formula is C20H28N2O4. The Kier molecular flexibility index (Phi) is 8.66. The Morgan fingerprint density at radius 2 is 1.85 bits per heavy atom. The molecule has 1 aliphatic carbocycles. The minimum absolute atomic E-state index is 0.0102. The van der Waals surface area contributed by atoms with E-state index in [4.69, 9.17) is 4.74 Å². The summed E-state index contributed by atoms with van der Waals surface area (Å²) in [5.74, 6) is 0.304. The molecule has 2 aliphatic rings. The van der Waals surface area contributed by atoms with Gasteiger partial charge in [-0.3, -0.25) is 9.59 Å². The molecule has 1 heterocycles. The van der Waals surface area contributed by atoms with Gasteiger partial charge in [-0.2, -0.15) is 0 Å². The summed E-state index contributed by atoms with van der Waals surface area (Å²) in [7, 11) is 0. The highest BCUT2D eigenvalue weighted by Crippen LogP contribution is 2.18. The number of carbonyl (C=O) groups is 3. The lowest BCUT2D eigenvalue weighted by atomic mass is 9.99. The third-order valence-electron chi connectivity index (χ3n) is 4.41. The average Bonchev–Trinajstić information content (AvgIpc) is 2.86. The lowest BCUT2D eigenvalue weighted by Gasteiger charge is -2.17. The van der Waals surface area contributed by atoms with Gasteiger partial charge in [-0.1, -0.05) is 37.5 Å². The van der Waals surface area contributed by atoms with E-state index < -0.39 is 6.04 Å². The second-order valence-corrected chi connectivity index (χ2v) is 6.67. The summed E-state index contributed by atoms with van der Waals surface area (Å²) in [6.45, 7) is 0.548. The zero-order valence-corrected chi connectivity index (χ0v) is 15.1. The Hall–Kier alpha value is -2.37. The largest absolute Gasteiger partial charge is 0.494 e. The molecule has 0 radical (unpaired) electrons. The first-order valence-electron chi connectivity index (χ1n) is 9.38. The first-order valence-corrected chi connectivity index (χ1v) is 9.38. The highest BCUT2D eigenvalue weighted by atomic mass is 16.5. The van der Waals surface area contributed by atoms with Crippen molar-refractivity contribution in [3.05, 3.63) is 36.1 Å². The summed E-state index contributed by atoms with van der Waals surface area (Å²) < 4.78 is 5.84. The van der Waals surface area contributed by atoms with Crippen LogP contribution in [0, 0.1) is 5.92 Å². The Morgan fingerprint density at radius 3 is 2.69 bits per heavy atom. The van der Waals surface area contributed by atoms with Crippen LogP contribution in [0.5, 0.6) is 0 Å². The van der Waals surface area contributed by atoms with Gasteiger partial charge in [-0.15, -0.1) is 0 Å². The van der Waals surface area contributed by atoms with Crippen molar-refractivity contribution in [3.8, 4) is 0 Å². The van der Waals surface area contributed by atoms with Crippen LogP contribution in [-0.4, -0.2) is 37.3 Å². The third-order valence-corrected chi connectivity index (χ3v) is 4.41. The van der Waals surface area contributed by atoms with Gasteiger partial charge in [0, 0.05) is 12.3 Å². The van der Waals surface area contributed by atoms with E-state index in [0.29, 0.717) is 19.4 Å². The van der Waals surface area contributed by atoms with Crippen LogP contribution in [0.2, 0.25) is 0 Å². The molecule has 6 heteroatoms. The number of amides is 2. The van der Waals surface area contributed by atoms with Gasteiger partial charge in [-0.05, 0) is 31.4 Å².